The topological polar surface area (TPSA) is 53.5 Å². The van der Waals surface area contributed by atoms with E-state index in [1.54, 1.807) is 18.5 Å². The predicted octanol–water partition coefficient (Wildman–Crippen LogP) is 3.50. The van der Waals surface area contributed by atoms with E-state index in [1.807, 2.05) is 31.2 Å². The predicted molar refractivity (Wildman–Crippen MR) is 84.4 cm³/mol. The van der Waals surface area contributed by atoms with E-state index in [9.17, 15) is 0 Å². The van der Waals surface area contributed by atoms with Gasteiger partial charge in [-0.05, 0) is 50.6 Å². The molecule has 0 saturated heterocycles. The molecule has 5 heteroatoms. The van der Waals surface area contributed by atoms with Crippen molar-refractivity contribution >= 4 is 0 Å². The zero-order valence-electron chi connectivity index (χ0n) is 13.2. The largest absolute Gasteiger partial charge is 0.491 e. The molecule has 2 unspecified atom stereocenters. The van der Waals surface area contributed by atoms with Crippen LogP contribution in [0.1, 0.15) is 27.2 Å². The van der Waals surface area contributed by atoms with E-state index in [0.29, 0.717) is 12.6 Å². The molecule has 2 rings (SSSR count). The van der Waals surface area contributed by atoms with Gasteiger partial charge in [0, 0.05) is 12.4 Å². The van der Waals surface area contributed by atoms with Crippen LogP contribution >= 0.6 is 0 Å². The molecule has 0 spiro atoms. The first-order valence-electron chi connectivity index (χ1n) is 7.50. The second-order valence-electron chi connectivity index (χ2n) is 5.08. The lowest BCUT2D eigenvalue weighted by Gasteiger charge is -2.15. The molecule has 0 aliphatic rings. The quantitative estimate of drug-likeness (QED) is 0.747. The molecule has 0 N–H and O–H groups in total. The van der Waals surface area contributed by atoms with Crippen LogP contribution in [-0.4, -0.2) is 28.8 Å². The monoisotopic (exact) mass is 302 g/mol. The molecular formula is C17H22N2O3. The van der Waals surface area contributed by atoms with E-state index < -0.39 is 0 Å². The van der Waals surface area contributed by atoms with Gasteiger partial charge in [0.2, 0.25) is 0 Å². The zero-order chi connectivity index (χ0) is 15.8. The van der Waals surface area contributed by atoms with Gasteiger partial charge in [-0.3, -0.25) is 0 Å². The summed E-state index contributed by atoms with van der Waals surface area (Å²) in [6.07, 6.45) is 4.34. The Morgan fingerprint density at radius 2 is 1.55 bits per heavy atom. The number of nitrogens with zero attached hydrogens (tertiary/aromatic N) is 2. The molecule has 0 fully saturated rings. The highest BCUT2D eigenvalue weighted by Gasteiger charge is 2.07. The third-order valence-corrected chi connectivity index (χ3v) is 3.07. The number of ether oxygens (including phenoxy) is 3. The van der Waals surface area contributed by atoms with Crippen LogP contribution in [0.4, 0.5) is 0 Å². The molecule has 2 atom stereocenters. The van der Waals surface area contributed by atoms with Gasteiger partial charge in [0.25, 0.3) is 0 Å². The summed E-state index contributed by atoms with van der Waals surface area (Å²) in [7, 11) is 0. The first-order valence-corrected chi connectivity index (χ1v) is 7.50. The first kappa shape index (κ1) is 16.1. The lowest BCUT2D eigenvalue weighted by atomic mass is 10.3. The highest BCUT2D eigenvalue weighted by Crippen LogP contribution is 2.19. The van der Waals surface area contributed by atoms with Gasteiger partial charge >= 0.3 is 6.01 Å². The van der Waals surface area contributed by atoms with Gasteiger partial charge in [-0.2, -0.15) is 0 Å². The van der Waals surface area contributed by atoms with Crippen LogP contribution < -0.4 is 14.2 Å². The van der Waals surface area contributed by atoms with Crippen molar-refractivity contribution in [2.75, 3.05) is 6.61 Å². The van der Waals surface area contributed by atoms with Crippen LogP contribution in [0.25, 0.3) is 0 Å². The zero-order valence-corrected chi connectivity index (χ0v) is 13.2. The van der Waals surface area contributed by atoms with Gasteiger partial charge in [0.05, 0.1) is 6.10 Å². The normalized spacial score (nSPS) is 13.2. The van der Waals surface area contributed by atoms with Gasteiger partial charge in [-0.1, -0.05) is 6.92 Å². The van der Waals surface area contributed by atoms with Crippen LogP contribution in [0.3, 0.4) is 0 Å². The van der Waals surface area contributed by atoms with Gasteiger partial charge < -0.3 is 14.2 Å². The Hall–Kier alpha value is -2.30. The molecule has 1 heterocycles. The van der Waals surface area contributed by atoms with Crippen LogP contribution in [0.5, 0.6) is 17.5 Å². The number of benzene rings is 1. The summed E-state index contributed by atoms with van der Waals surface area (Å²) in [5, 5.41) is 0. The number of aromatic nitrogens is 2. The van der Waals surface area contributed by atoms with Crippen LogP contribution in [0.15, 0.2) is 42.7 Å². The lowest BCUT2D eigenvalue weighted by molar-refractivity contribution is 0.132. The van der Waals surface area contributed by atoms with Crippen molar-refractivity contribution in [2.45, 2.75) is 39.4 Å². The average Bonchev–Trinajstić information content (AvgIpc) is 2.55. The Morgan fingerprint density at radius 3 is 2.18 bits per heavy atom. The molecule has 1 aromatic carbocycles. The van der Waals surface area contributed by atoms with Crippen LogP contribution in [0, 0.1) is 0 Å². The second kappa shape index (κ2) is 8.22. The maximum atomic E-state index is 5.73. The van der Waals surface area contributed by atoms with Gasteiger partial charge in [0.15, 0.2) is 0 Å². The molecule has 2 aromatic rings. The molecule has 22 heavy (non-hydrogen) atoms. The molecule has 0 saturated carbocycles. The van der Waals surface area contributed by atoms with Gasteiger partial charge in [-0.25, -0.2) is 9.97 Å². The minimum atomic E-state index is -0.140. The van der Waals surface area contributed by atoms with E-state index in [1.165, 1.54) is 0 Å². The summed E-state index contributed by atoms with van der Waals surface area (Å²) in [4.78, 5) is 8.03. The lowest BCUT2D eigenvalue weighted by Crippen LogP contribution is -2.22. The van der Waals surface area contributed by atoms with E-state index in [0.717, 1.165) is 17.9 Å². The average molecular weight is 302 g/mol. The maximum absolute atomic E-state index is 5.73. The third-order valence-electron chi connectivity index (χ3n) is 3.07. The summed E-state index contributed by atoms with van der Waals surface area (Å²) in [6, 6.07) is 9.71. The molecular weight excluding hydrogens is 280 g/mol. The van der Waals surface area contributed by atoms with Crippen molar-refractivity contribution in [2.24, 2.45) is 0 Å². The van der Waals surface area contributed by atoms with E-state index in [-0.39, 0.29) is 12.2 Å². The van der Waals surface area contributed by atoms with E-state index >= 15 is 0 Å². The van der Waals surface area contributed by atoms with E-state index in [2.05, 4.69) is 23.8 Å². The number of hydrogen-bond acceptors (Lipinski definition) is 5. The van der Waals surface area contributed by atoms with Crippen molar-refractivity contribution in [3.05, 3.63) is 42.7 Å². The van der Waals surface area contributed by atoms with Crippen molar-refractivity contribution in [3.8, 4) is 17.5 Å². The highest BCUT2D eigenvalue weighted by molar-refractivity contribution is 5.31. The fourth-order valence-corrected chi connectivity index (χ4v) is 1.70. The molecule has 118 valence electrons. The Kier molecular flexibility index (Phi) is 6.01. The van der Waals surface area contributed by atoms with Gasteiger partial charge in [0.1, 0.15) is 24.2 Å². The summed E-state index contributed by atoms with van der Waals surface area (Å²) < 4.78 is 17.0. The third kappa shape index (κ3) is 5.24. The molecule has 0 aliphatic carbocycles. The Bertz CT molecular complexity index is 546. The van der Waals surface area contributed by atoms with Crippen molar-refractivity contribution in [1.29, 1.82) is 0 Å². The number of hydrogen-bond donors (Lipinski definition) is 0. The van der Waals surface area contributed by atoms with Crippen LogP contribution in [0.2, 0.25) is 0 Å². The highest BCUT2D eigenvalue weighted by atomic mass is 16.5. The Balaban J connectivity index is 1.79. The SMILES string of the molecule is CCC(C)Oc1ccc(OCC(C)Oc2ncccn2)cc1. The Morgan fingerprint density at radius 1 is 0.909 bits per heavy atom. The summed E-state index contributed by atoms with van der Waals surface area (Å²) >= 11 is 0. The summed E-state index contributed by atoms with van der Waals surface area (Å²) in [6.45, 7) is 6.48. The molecule has 0 amide bonds. The minimum absolute atomic E-state index is 0.140. The van der Waals surface area contributed by atoms with Crippen LogP contribution in [-0.2, 0) is 0 Å². The van der Waals surface area contributed by atoms with Gasteiger partial charge in [-0.15, -0.1) is 0 Å². The van der Waals surface area contributed by atoms with E-state index in [4.69, 9.17) is 14.2 Å². The summed E-state index contributed by atoms with van der Waals surface area (Å²) in [5.41, 5.74) is 0. The molecule has 0 bridgehead atoms. The molecule has 0 radical (unpaired) electrons. The fourth-order valence-electron chi connectivity index (χ4n) is 1.70. The smallest absolute Gasteiger partial charge is 0.316 e. The molecule has 5 nitrogen and oxygen atoms in total. The molecule has 0 aliphatic heterocycles. The molecule has 1 aromatic heterocycles. The Labute approximate surface area is 131 Å². The van der Waals surface area contributed by atoms with Crippen molar-refractivity contribution in [1.82, 2.24) is 9.97 Å². The summed E-state index contributed by atoms with van der Waals surface area (Å²) in [5.74, 6) is 1.63. The first-order chi connectivity index (χ1) is 10.7. The van der Waals surface area contributed by atoms with Crippen molar-refractivity contribution < 1.29 is 14.2 Å². The standard InChI is InChI=1S/C17H22N2O3/c1-4-13(2)21-16-8-6-15(7-9-16)20-12-14(3)22-17-18-10-5-11-19-17/h5-11,13-14H,4,12H2,1-3H3. The fraction of sp³-hybridized carbons (Fsp3) is 0.412. The number of rotatable bonds is 8. The second-order valence-corrected chi connectivity index (χ2v) is 5.08. The maximum Gasteiger partial charge on any atom is 0.316 e. The minimum Gasteiger partial charge on any atom is -0.491 e. The van der Waals surface area contributed by atoms with Crippen molar-refractivity contribution in [3.63, 3.8) is 0 Å².